The van der Waals surface area contributed by atoms with Crippen molar-refractivity contribution in [1.29, 1.82) is 0 Å². The lowest BCUT2D eigenvalue weighted by Gasteiger charge is -2.26. The Morgan fingerprint density at radius 2 is 1.58 bits per heavy atom. The number of carbonyl (C=O) groups excluding carboxylic acids is 2. The average Bonchev–Trinajstić information content (AvgIpc) is 2.67. The Morgan fingerprint density at radius 1 is 0.875 bits per heavy atom. The largest absolute Gasteiger partial charge is 0.339 e. The SMILES string of the molecule is O=C(NO)c1ccc(-c2cccc(C(=O)N3CCCCC3)c2)cc1. The van der Waals surface area contributed by atoms with E-state index in [-0.39, 0.29) is 5.91 Å². The number of nitrogens with zero attached hydrogens (tertiary/aromatic N) is 1. The average molecular weight is 324 g/mol. The molecule has 0 aliphatic carbocycles. The topological polar surface area (TPSA) is 69.6 Å². The first-order chi connectivity index (χ1) is 11.7. The summed E-state index contributed by atoms with van der Waals surface area (Å²) in [5.41, 5.74) is 4.51. The van der Waals surface area contributed by atoms with Crippen LogP contribution in [0.5, 0.6) is 0 Å². The number of likely N-dealkylation sites (tertiary alicyclic amines) is 1. The number of hydroxylamine groups is 1. The maximum atomic E-state index is 12.6. The Morgan fingerprint density at radius 3 is 2.25 bits per heavy atom. The van der Waals surface area contributed by atoms with Gasteiger partial charge in [-0.15, -0.1) is 0 Å². The second-order valence-corrected chi connectivity index (χ2v) is 5.95. The molecule has 0 unspecified atom stereocenters. The Kier molecular flexibility index (Phi) is 4.91. The van der Waals surface area contributed by atoms with Gasteiger partial charge in [0.05, 0.1) is 0 Å². The summed E-state index contributed by atoms with van der Waals surface area (Å²) in [5.74, 6) is -0.469. The first kappa shape index (κ1) is 16.2. The van der Waals surface area contributed by atoms with Gasteiger partial charge in [-0.2, -0.15) is 0 Å². The standard InChI is InChI=1S/C19H20N2O3/c22-18(20-24)15-9-7-14(8-10-15)16-5-4-6-17(13-16)19(23)21-11-2-1-3-12-21/h4-10,13,24H,1-3,11-12H2,(H,20,22). The van der Waals surface area contributed by atoms with Crippen molar-refractivity contribution in [2.45, 2.75) is 19.3 Å². The summed E-state index contributed by atoms with van der Waals surface area (Å²) in [6.07, 6.45) is 3.33. The minimum atomic E-state index is -0.546. The molecule has 2 aromatic carbocycles. The molecule has 1 heterocycles. The van der Waals surface area contributed by atoms with Crippen molar-refractivity contribution in [3.8, 4) is 11.1 Å². The van der Waals surface area contributed by atoms with Gasteiger partial charge in [0, 0.05) is 24.2 Å². The molecule has 24 heavy (non-hydrogen) atoms. The molecule has 3 rings (SSSR count). The summed E-state index contributed by atoms with van der Waals surface area (Å²) < 4.78 is 0. The number of hydrogen-bond acceptors (Lipinski definition) is 3. The van der Waals surface area contributed by atoms with Crippen molar-refractivity contribution >= 4 is 11.8 Å². The summed E-state index contributed by atoms with van der Waals surface area (Å²) in [5, 5.41) is 8.65. The molecule has 5 heteroatoms. The molecule has 0 aromatic heterocycles. The van der Waals surface area contributed by atoms with Gasteiger partial charge < -0.3 is 4.90 Å². The lowest BCUT2D eigenvalue weighted by Crippen LogP contribution is -2.35. The van der Waals surface area contributed by atoms with Crippen LogP contribution in [0.1, 0.15) is 40.0 Å². The van der Waals surface area contributed by atoms with E-state index in [2.05, 4.69) is 0 Å². The number of carbonyl (C=O) groups is 2. The fraction of sp³-hybridized carbons (Fsp3) is 0.263. The summed E-state index contributed by atoms with van der Waals surface area (Å²) >= 11 is 0. The third-order valence-electron chi connectivity index (χ3n) is 4.33. The third kappa shape index (κ3) is 3.46. The van der Waals surface area contributed by atoms with E-state index in [0.29, 0.717) is 11.1 Å². The van der Waals surface area contributed by atoms with Gasteiger partial charge in [0.2, 0.25) is 0 Å². The van der Waals surface area contributed by atoms with Crippen LogP contribution in [-0.4, -0.2) is 35.0 Å². The second kappa shape index (κ2) is 7.27. The molecule has 124 valence electrons. The van der Waals surface area contributed by atoms with Crippen LogP contribution in [0.2, 0.25) is 0 Å². The van der Waals surface area contributed by atoms with Crippen molar-refractivity contribution in [2.75, 3.05) is 13.1 Å². The highest BCUT2D eigenvalue weighted by Gasteiger charge is 2.18. The maximum Gasteiger partial charge on any atom is 0.274 e. The van der Waals surface area contributed by atoms with E-state index < -0.39 is 5.91 Å². The maximum absolute atomic E-state index is 12.6. The van der Waals surface area contributed by atoms with Crippen molar-refractivity contribution in [1.82, 2.24) is 10.4 Å². The van der Waals surface area contributed by atoms with Crippen LogP contribution in [0.4, 0.5) is 0 Å². The van der Waals surface area contributed by atoms with Crippen molar-refractivity contribution in [2.24, 2.45) is 0 Å². The van der Waals surface area contributed by atoms with Crippen LogP contribution in [0, 0.1) is 0 Å². The highest BCUT2D eigenvalue weighted by molar-refractivity contribution is 5.96. The molecule has 5 nitrogen and oxygen atoms in total. The molecule has 2 N–H and O–H groups in total. The van der Waals surface area contributed by atoms with Gasteiger partial charge in [0.15, 0.2) is 0 Å². The molecule has 0 spiro atoms. The zero-order valence-corrected chi connectivity index (χ0v) is 13.4. The smallest absolute Gasteiger partial charge is 0.274 e. The summed E-state index contributed by atoms with van der Waals surface area (Å²) in [4.78, 5) is 25.9. The summed E-state index contributed by atoms with van der Waals surface area (Å²) in [6, 6.07) is 14.4. The van der Waals surface area contributed by atoms with Crippen LogP contribution < -0.4 is 5.48 Å². The summed E-state index contributed by atoms with van der Waals surface area (Å²) in [7, 11) is 0. The van der Waals surface area contributed by atoms with E-state index in [9.17, 15) is 9.59 Å². The van der Waals surface area contributed by atoms with Crippen LogP contribution in [0.3, 0.4) is 0 Å². The van der Waals surface area contributed by atoms with Gasteiger partial charge in [-0.3, -0.25) is 14.8 Å². The van der Waals surface area contributed by atoms with Gasteiger partial charge in [-0.05, 0) is 54.7 Å². The molecule has 2 amide bonds. The van der Waals surface area contributed by atoms with Gasteiger partial charge in [-0.25, -0.2) is 5.48 Å². The number of rotatable bonds is 3. The molecule has 1 aliphatic rings. The zero-order valence-electron chi connectivity index (χ0n) is 13.4. The van der Waals surface area contributed by atoms with Crippen LogP contribution in [0.25, 0.3) is 11.1 Å². The lowest BCUT2D eigenvalue weighted by atomic mass is 10.0. The molecular weight excluding hydrogens is 304 g/mol. The number of amides is 2. The first-order valence-corrected chi connectivity index (χ1v) is 8.13. The minimum Gasteiger partial charge on any atom is -0.339 e. The Labute approximate surface area is 140 Å². The predicted octanol–water partition coefficient (Wildman–Crippen LogP) is 3.10. The molecule has 0 atom stereocenters. The number of nitrogens with one attached hydrogen (secondary N) is 1. The Balaban J connectivity index is 1.82. The normalized spacial score (nSPS) is 14.3. The third-order valence-corrected chi connectivity index (χ3v) is 4.33. The number of hydrogen-bond donors (Lipinski definition) is 2. The zero-order chi connectivity index (χ0) is 16.9. The quantitative estimate of drug-likeness (QED) is 0.673. The summed E-state index contributed by atoms with van der Waals surface area (Å²) in [6.45, 7) is 1.65. The highest BCUT2D eigenvalue weighted by atomic mass is 16.5. The van der Waals surface area contributed by atoms with Crippen LogP contribution >= 0.6 is 0 Å². The van der Waals surface area contributed by atoms with E-state index in [4.69, 9.17) is 5.21 Å². The number of benzene rings is 2. The van der Waals surface area contributed by atoms with E-state index in [0.717, 1.165) is 37.1 Å². The van der Waals surface area contributed by atoms with Crippen molar-refractivity contribution < 1.29 is 14.8 Å². The monoisotopic (exact) mass is 324 g/mol. The van der Waals surface area contributed by atoms with E-state index in [1.54, 1.807) is 29.7 Å². The predicted molar refractivity (Wildman–Crippen MR) is 90.9 cm³/mol. The lowest BCUT2D eigenvalue weighted by molar-refractivity contribution is 0.0705. The van der Waals surface area contributed by atoms with Crippen LogP contribution in [0.15, 0.2) is 48.5 Å². The van der Waals surface area contributed by atoms with Crippen molar-refractivity contribution in [3.05, 3.63) is 59.7 Å². The second-order valence-electron chi connectivity index (χ2n) is 5.95. The van der Waals surface area contributed by atoms with Gasteiger partial charge in [0.25, 0.3) is 11.8 Å². The van der Waals surface area contributed by atoms with E-state index in [1.807, 2.05) is 29.2 Å². The van der Waals surface area contributed by atoms with Gasteiger partial charge in [0.1, 0.15) is 0 Å². The fourth-order valence-electron chi connectivity index (χ4n) is 2.99. The molecule has 2 aromatic rings. The van der Waals surface area contributed by atoms with E-state index >= 15 is 0 Å². The molecule has 0 bridgehead atoms. The Bertz CT molecular complexity index is 735. The molecule has 1 aliphatic heterocycles. The molecule has 0 radical (unpaired) electrons. The molecular formula is C19H20N2O3. The number of piperidine rings is 1. The minimum absolute atomic E-state index is 0.0767. The molecule has 0 saturated carbocycles. The van der Waals surface area contributed by atoms with Gasteiger partial charge >= 0.3 is 0 Å². The highest BCUT2D eigenvalue weighted by Crippen LogP contribution is 2.22. The van der Waals surface area contributed by atoms with Crippen LogP contribution in [-0.2, 0) is 0 Å². The van der Waals surface area contributed by atoms with Gasteiger partial charge in [-0.1, -0.05) is 24.3 Å². The molecule has 1 fully saturated rings. The Hall–Kier alpha value is -2.66. The van der Waals surface area contributed by atoms with Crippen molar-refractivity contribution in [3.63, 3.8) is 0 Å². The van der Waals surface area contributed by atoms with E-state index in [1.165, 1.54) is 6.42 Å². The fourth-order valence-corrected chi connectivity index (χ4v) is 2.99. The first-order valence-electron chi connectivity index (χ1n) is 8.13. The molecule has 1 saturated heterocycles.